The van der Waals surface area contributed by atoms with Gasteiger partial charge < -0.3 is 19.9 Å². The zero-order valence-corrected chi connectivity index (χ0v) is 13.5. The lowest BCUT2D eigenvalue weighted by molar-refractivity contribution is -0.01000. The highest BCUT2D eigenvalue weighted by Gasteiger charge is 2.06. The molecule has 0 bridgehead atoms. The first-order chi connectivity index (χ1) is 9.63. The van der Waals surface area contributed by atoms with Gasteiger partial charge >= 0.3 is 0 Å². The lowest BCUT2D eigenvalue weighted by Crippen LogP contribution is -2.30. The lowest BCUT2D eigenvalue weighted by Gasteiger charge is -2.13. The van der Waals surface area contributed by atoms with Crippen LogP contribution in [0.5, 0.6) is 0 Å². The number of rotatable bonds is 11. The maximum absolute atomic E-state index is 9.79. The van der Waals surface area contributed by atoms with E-state index in [4.69, 9.17) is 9.47 Å². The monoisotopic (exact) mass is 301 g/mol. The quantitative estimate of drug-likeness (QED) is 0.615. The third kappa shape index (κ3) is 7.36. The summed E-state index contributed by atoms with van der Waals surface area (Å²) in [5.74, 6) is 0. The minimum atomic E-state index is -0.473. The van der Waals surface area contributed by atoms with Gasteiger partial charge in [-0.3, -0.25) is 0 Å². The van der Waals surface area contributed by atoms with Crippen molar-refractivity contribution in [3.63, 3.8) is 0 Å². The van der Waals surface area contributed by atoms with Crippen molar-refractivity contribution >= 4 is 11.3 Å². The van der Waals surface area contributed by atoms with Crippen molar-refractivity contribution < 1.29 is 14.6 Å². The van der Waals surface area contributed by atoms with Crippen LogP contribution in [0, 0.1) is 0 Å². The molecule has 5 heteroatoms. The van der Waals surface area contributed by atoms with Crippen molar-refractivity contribution in [3.05, 3.63) is 21.9 Å². The molecule has 116 valence electrons. The van der Waals surface area contributed by atoms with E-state index in [1.54, 1.807) is 11.3 Å². The highest BCUT2D eigenvalue weighted by atomic mass is 32.1. The molecule has 0 aliphatic rings. The predicted molar refractivity (Wildman–Crippen MR) is 83.3 cm³/mol. The Morgan fingerprint density at radius 1 is 1.35 bits per heavy atom. The number of hydrogen-bond donors (Lipinski definition) is 2. The molecule has 2 N–H and O–H groups in total. The summed E-state index contributed by atoms with van der Waals surface area (Å²) in [5.41, 5.74) is 1.39. The molecule has 1 aromatic heterocycles. The Hall–Kier alpha value is -0.460. The Labute approximate surface area is 126 Å². The van der Waals surface area contributed by atoms with Gasteiger partial charge in [-0.05, 0) is 37.3 Å². The number of thiophene rings is 1. The van der Waals surface area contributed by atoms with Crippen LogP contribution >= 0.6 is 11.3 Å². The standard InChI is InChI=1S/C15H27NO3S/c1-4-13-5-8-20-15(13)10-16-9-14(17)11-18-6-7-19-12(2)3/h5,8,12,14,16-17H,4,6-7,9-11H2,1-3H3. The largest absolute Gasteiger partial charge is 0.389 e. The van der Waals surface area contributed by atoms with E-state index in [9.17, 15) is 5.11 Å². The number of aliphatic hydroxyl groups is 1. The highest BCUT2D eigenvalue weighted by Crippen LogP contribution is 2.16. The molecule has 0 saturated heterocycles. The normalized spacial score (nSPS) is 13.1. The first-order valence-electron chi connectivity index (χ1n) is 7.26. The molecule has 4 nitrogen and oxygen atoms in total. The summed E-state index contributed by atoms with van der Waals surface area (Å²) in [5, 5.41) is 15.2. The summed E-state index contributed by atoms with van der Waals surface area (Å²) in [6.45, 7) is 8.96. The molecule has 0 fully saturated rings. The highest BCUT2D eigenvalue weighted by molar-refractivity contribution is 7.10. The van der Waals surface area contributed by atoms with Gasteiger partial charge in [-0.25, -0.2) is 0 Å². The Morgan fingerprint density at radius 2 is 2.15 bits per heavy atom. The Bertz CT molecular complexity index is 355. The molecule has 1 rings (SSSR count). The van der Waals surface area contributed by atoms with Crippen molar-refractivity contribution in [2.45, 2.75) is 45.9 Å². The molecule has 20 heavy (non-hydrogen) atoms. The average Bonchev–Trinajstić information content (AvgIpc) is 2.85. The molecule has 0 saturated carbocycles. The third-order valence-electron chi connectivity index (χ3n) is 2.87. The van der Waals surface area contributed by atoms with E-state index in [1.807, 2.05) is 13.8 Å². The van der Waals surface area contributed by atoms with Crippen LogP contribution in [0.3, 0.4) is 0 Å². The number of nitrogens with one attached hydrogen (secondary N) is 1. The van der Waals surface area contributed by atoms with Crippen LogP contribution in [-0.4, -0.2) is 43.7 Å². The molecule has 1 atom stereocenters. The summed E-state index contributed by atoms with van der Waals surface area (Å²) in [6, 6.07) is 2.16. The van der Waals surface area contributed by atoms with Crippen LogP contribution in [0.4, 0.5) is 0 Å². The number of hydrogen-bond acceptors (Lipinski definition) is 5. The molecule has 1 heterocycles. The molecule has 0 aliphatic carbocycles. The number of ether oxygens (including phenoxy) is 2. The smallest absolute Gasteiger partial charge is 0.0897 e. The van der Waals surface area contributed by atoms with Crippen LogP contribution in [0.15, 0.2) is 11.4 Å². The number of aliphatic hydroxyl groups excluding tert-OH is 1. The predicted octanol–water partition coefficient (Wildman–Crippen LogP) is 2.20. The minimum absolute atomic E-state index is 0.226. The lowest BCUT2D eigenvalue weighted by atomic mass is 10.2. The zero-order valence-electron chi connectivity index (χ0n) is 12.7. The van der Waals surface area contributed by atoms with E-state index >= 15 is 0 Å². The van der Waals surface area contributed by atoms with Crippen LogP contribution in [0.2, 0.25) is 0 Å². The van der Waals surface area contributed by atoms with Crippen molar-refractivity contribution in [3.8, 4) is 0 Å². The maximum Gasteiger partial charge on any atom is 0.0897 e. The SMILES string of the molecule is CCc1ccsc1CNCC(O)COCCOC(C)C. The Balaban J connectivity index is 2.04. The third-order valence-corrected chi connectivity index (χ3v) is 3.84. The van der Waals surface area contributed by atoms with Crippen LogP contribution in [0.25, 0.3) is 0 Å². The van der Waals surface area contributed by atoms with Gasteiger partial charge in [0.2, 0.25) is 0 Å². The zero-order chi connectivity index (χ0) is 14.8. The summed E-state index contributed by atoms with van der Waals surface area (Å²) >= 11 is 1.76. The molecule has 0 radical (unpaired) electrons. The van der Waals surface area contributed by atoms with E-state index in [2.05, 4.69) is 23.7 Å². The van der Waals surface area contributed by atoms with Gasteiger partial charge in [0.25, 0.3) is 0 Å². The van der Waals surface area contributed by atoms with Gasteiger partial charge in [0.1, 0.15) is 0 Å². The van der Waals surface area contributed by atoms with E-state index in [0.717, 1.165) is 13.0 Å². The first kappa shape index (κ1) is 17.6. The Morgan fingerprint density at radius 3 is 2.85 bits per heavy atom. The maximum atomic E-state index is 9.79. The van der Waals surface area contributed by atoms with Crippen LogP contribution in [0.1, 0.15) is 31.2 Å². The van der Waals surface area contributed by atoms with Gasteiger partial charge in [0, 0.05) is 18.0 Å². The number of aryl methyl sites for hydroxylation is 1. The van der Waals surface area contributed by atoms with Crippen molar-refractivity contribution in [2.24, 2.45) is 0 Å². The van der Waals surface area contributed by atoms with E-state index < -0.39 is 6.10 Å². The summed E-state index contributed by atoms with van der Waals surface area (Å²) in [6.07, 6.45) is 0.810. The average molecular weight is 301 g/mol. The fraction of sp³-hybridized carbons (Fsp3) is 0.733. The van der Waals surface area contributed by atoms with Crippen molar-refractivity contribution in [1.29, 1.82) is 0 Å². The molecule has 1 aromatic rings. The second-order valence-electron chi connectivity index (χ2n) is 5.00. The van der Waals surface area contributed by atoms with Crippen molar-refractivity contribution in [1.82, 2.24) is 5.32 Å². The molecule has 0 aliphatic heterocycles. The van der Waals surface area contributed by atoms with E-state index in [-0.39, 0.29) is 6.10 Å². The van der Waals surface area contributed by atoms with Crippen LogP contribution < -0.4 is 5.32 Å². The fourth-order valence-corrected chi connectivity index (χ4v) is 2.76. The molecule has 0 aromatic carbocycles. The van der Waals surface area contributed by atoms with Gasteiger partial charge in [-0.15, -0.1) is 11.3 Å². The minimum Gasteiger partial charge on any atom is -0.389 e. The molecular formula is C15H27NO3S. The van der Waals surface area contributed by atoms with E-state index in [1.165, 1.54) is 10.4 Å². The summed E-state index contributed by atoms with van der Waals surface area (Å²) in [7, 11) is 0. The first-order valence-corrected chi connectivity index (χ1v) is 8.14. The fourth-order valence-electron chi connectivity index (χ4n) is 1.81. The second-order valence-corrected chi connectivity index (χ2v) is 6.00. The summed E-state index contributed by atoms with van der Waals surface area (Å²) in [4.78, 5) is 1.35. The molecule has 0 amide bonds. The van der Waals surface area contributed by atoms with Gasteiger partial charge in [-0.1, -0.05) is 6.92 Å². The molecule has 1 unspecified atom stereocenters. The van der Waals surface area contributed by atoms with Gasteiger partial charge in [0.05, 0.1) is 32.0 Å². The van der Waals surface area contributed by atoms with E-state index in [0.29, 0.717) is 26.4 Å². The van der Waals surface area contributed by atoms with Crippen molar-refractivity contribution in [2.75, 3.05) is 26.4 Å². The molecule has 0 spiro atoms. The topological polar surface area (TPSA) is 50.7 Å². The molecular weight excluding hydrogens is 274 g/mol. The van der Waals surface area contributed by atoms with Gasteiger partial charge in [0.15, 0.2) is 0 Å². The van der Waals surface area contributed by atoms with Gasteiger partial charge in [-0.2, -0.15) is 0 Å². The Kier molecular flexibility index (Phi) is 9.05. The second kappa shape index (κ2) is 10.3. The van der Waals surface area contributed by atoms with Crippen LogP contribution in [-0.2, 0) is 22.4 Å². The summed E-state index contributed by atoms with van der Waals surface area (Å²) < 4.78 is 10.7.